The lowest BCUT2D eigenvalue weighted by Gasteiger charge is -2.22. The molecule has 0 aliphatic heterocycles. The zero-order valence-corrected chi connectivity index (χ0v) is 12.2. The highest BCUT2D eigenvalue weighted by molar-refractivity contribution is 9.10. The van der Waals surface area contributed by atoms with Crippen molar-refractivity contribution in [1.29, 1.82) is 0 Å². The molecule has 98 valence electrons. The number of rotatable bonds is 3. The van der Waals surface area contributed by atoms with E-state index in [0.29, 0.717) is 0 Å². The average Bonchev–Trinajstić information content (AvgIpc) is 2.32. The fraction of sp³-hybridized carbons (Fsp3) is 0.467. The summed E-state index contributed by atoms with van der Waals surface area (Å²) < 4.78 is 1.10. The predicted octanol–water partition coefficient (Wildman–Crippen LogP) is 4.23. The molecule has 1 aliphatic carbocycles. The van der Waals surface area contributed by atoms with Gasteiger partial charge in [0.25, 0.3) is 0 Å². The van der Waals surface area contributed by atoms with Gasteiger partial charge in [-0.2, -0.15) is 0 Å². The summed E-state index contributed by atoms with van der Waals surface area (Å²) in [6.07, 6.45) is 10.00. The van der Waals surface area contributed by atoms with Gasteiger partial charge in [-0.15, -0.1) is 0 Å². The summed E-state index contributed by atoms with van der Waals surface area (Å²) in [4.78, 5) is 0. The van der Waals surface area contributed by atoms with Gasteiger partial charge in [0.2, 0.25) is 0 Å². The van der Waals surface area contributed by atoms with Gasteiger partial charge in [0.05, 0.1) is 6.04 Å². The van der Waals surface area contributed by atoms with Gasteiger partial charge in [0, 0.05) is 4.47 Å². The number of hydrazine groups is 1. The molecule has 2 rings (SSSR count). The molecule has 0 spiro atoms. The normalized spacial score (nSPS) is 21.6. The summed E-state index contributed by atoms with van der Waals surface area (Å²) in [5.74, 6) is 5.77. The molecule has 2 nitrogen and oxygen atoms in total. The first-order valence-electron chi connectivity index (χ1n) is 6.72. The van der Waals surface area contributed by atoms with Crippen molar-refractivity contribution < 1.29 is 0 Å². The predicted molar refractivity (Wildman–Crippen MR) is 80.0 cm³/mol. The van der Waals surface area contributed by atoms with Gasteiger partial charge in [0.15, 0.2) is 0 Å². The van der Waals surface area contributed by atoms with Gasteiger partial charge in [0.1, 0.15) is 0 Å². The monoisotopic (exact) mass is 308 g/mol. The molecule has 1 atom stereocenters. The SMILES string of the molecule is NNC(/C1=C/CCCCCC1)c1cccc(Br)c1. The Labute approximate surface area is 118 Å². The molecule has 0 saturated heterocycles. The van der Waals surface area contributed by atoms with Crippen LogP contribution in [-0.2, 0) is 0 Å². The van der Waals surface area contributed by atoms with E-state index in [2.05, 4.69) is 45.6 Å². The molecule has 18 heavy (non-hydrogen) atoms. The maximum atomic E-state index is 5.77. The van der Waals surface area contributed by atoms with E-state index >= 15 is 0 Å². The summed E-state index contributed by atoms with van der Waals surface area (Å²) in [6.45, 7) is 0. The molecule has 0 radical (unpaired) electrons. The maximum absolute atomic E-state index is 5.77. The quantitative estimate of drug-likeness (QED) is 0.498. The Balaban J connectivity index is 2.21. The number of hydrogen-bond acceptors (Lipinski definition) is 2. The van der Waals surface area contributed by atoms with E-state index in [1.54, 1.807) is 0 Å². The fourth-order valence-electron chi connectivity index (χ4n) is 2.58. The first-order chi connectivity index (χ1) is 8.81. The second-order valence-corrected chi connectivity index (χ2v) is 5.80. The highest BCUT2D eigenvalue weighted by Gasteiger charge is 2.15. The van der Waals surface area contributed by atoms with Crippen LogP contribution in [0.3, 0.4) is 0 Å². The number of nitrogens with one attached hydrogen (secondary N) is 1. The average molecular weight is 309 g/mol. The molecule has 0 bridgehead atoms. The molecule has 0 amide bonds. The molecule has 3 N–H and O–H groups in total. The fourth-order valence-corrected chi connectivity index (χ4v) is 3.00. The molecule has 0 fully saturated rings. The van der Waals surface area contributed by atoms with Crippen molar-refractivity contribution in [2.45, 2.75) is 44.6 Å². The molecular formula is C15H21BrN2. The third kappa shape index (κ3) is 3.67. The molecule has 1 aliphatic rings. The highest BCUT2D eigenvalue weighted by atomic mass is 79.9. The Kier molecular flexibility index (Phi) is 5.42. The first-order valence-corrected chi connectivity index (χ1v) is 7.51. The minimum absolute atomic E-state index is 0.153. The standard InChI is InChI=1S/C15H21BrN2/c16-14-10-6-9-13(11-14)15(18-17)12-7-4-2-1-3-5-8-12/h6-7,9-11,15,18H,1-5,8,17H2/b12-7+. The van der Waals surface area contributed by atoms with Crippen LogP contribution in [0, 0.1) is 0 Å². The third-order valence-electron chi connectivity index (χ3n) is 3.55. The van der Waals surface area contributed by atoms with Crippen molar-refractivity contribution in [1.82, 2.24) is 5.43 Å². The summed E-state index contributed by atoms with van der Waals surface area (Å²) in [6, 6.07) is 8.54. The van der Waals surface area contributed by atoms with Crippen molar-refractivity contribution in [2.75, 3.05) is 0 Å². The van der Waals surface area contributed by atoms with E-state index in [1.807, 2.05) is 6.07 Å². The van der Waals surface area contributed by atoms with Crippen LogP contribution in [0.4, 0.5) is 0 Å². The van der Waals surface area contributed by atoms with Crippen molar-refractivity contribution in [3.8, 4) is 0 Å². The Morgan fingerprint density at radius 3 is 2.78 bits per heavy atom. The van der Waals surface area contributed by atoms with Gasteiger partial charge in [-0.05, 0) is 43.4 Å². The van der Waals surface area contributed by atoms with Gasteiger partial charge in [-0.1, -0.05) is 52.6 Å². The van der Waals surface area contributed by atoms with Crippen LogP contribution in [-0.4, -0.2) is 0 Å². The number of benzene rings is 1. The van der Waals surface area contributed by atoms with Crippen LogP contribution in [0.2, 0.25) is 0 Å². The lowest BCUT2D eigenvalue weighted by molar-refractivity contribution is 0.555. The highest BCUT2D eigenvalue weighted by Crippen LogP contribution is 2.29. The zero-order valence-electron chi connectivity index (χ0n) is 10.7. The number of hydrogen-bond donors (Lipinski definition) is 2. The van der Waals surface area contributed by atoms with Crippen LogP contribution in [0.5, 0.6) is 0 Å². The molecule has 0 aromatic heterocycles. The Bertz CT molecular complexity index is 415. The van der Waals surface area contributed by atoms with E-state index in [-0.39, 0.29) is 6.04 Å². The summed E-state index contributed by atoms with van der Waals surface area (Å²) >= 11 is 3.52. The third-order valence-corrected chi connectivity index (χ3v) is 4.04. The molecule has 0 saturated carbocycles. The maximum Gasteiger partial charge on any atom is 0.0670 e. The topological polar surface area (TPSA) is 38.0 Å². The second kappa shape index (κ2) is 7.07. The van der Waals surface area contributed by atoms with Crippen LogP contribution in [0.25, 0.3) is 0 Å². The summed E-state index contributed by atoms with van der Waals surface area (Å²) in [5, 5.41) is 0. The zero-order chi connectivity index (χ0) is 12.8. The molecule has 0 heterocycles. The summed E-state index contributed by atoms with van der Waals surface area (Å²) in [7, 11) is 0. The number of allylic oxidation sites excluding steroid dienone is 1. The second-order valence-electron chi connectivity index (χ2n) is 4.89. The molecule has 3 heteroatoms. The Hall–Kier alpha value is -0.640. The minimum Gasteiger partial charge on any atom is -0.271 e. The van der Waals surface area contributed by atoms with Crippen LogP contribution in [0.15, 0.2) is 40.4 Å². The molecule has 1 aromatic rings. The van der Waals surface area contributed by atoms with Crippen molar-refractivity contribution in [3.63, 3.8) is 0 Å². The van der Waals surface area contributed by atoms with Gasteiger partial charge >= 0.3 is 0 Å². The number of nitrogens with two attached hydrogens (primary N) is 1. The van der Waals surface area contributed by atoms with Crippen molar-refractivity contribution in [3.05, 3.63) is 46.0 Å². The van der Waals surface area contributed by atoms with Crippen LogP contribution in [0.1, 0.15) is 50.1 Å². The van der Waals surface area contributed by atoms with E-state index < -0.39 is 0 Å². The van der Waals surface area contributed by atoms with E-state index in [9.17, 15) is 0 Å². The molecule has 1 aromatic carbocycles. The van der Waals surface area contributed by atoms with Gasteiger partial charge in [-0.25, -0.2) is 5.43 Å². The first kappa shape index (κ1) is 13.8. The Morgan fingerprint density at radius 1 is 1.17 bits per heavy atom. The lowest BCUT2D eigenvalue weighted by Crippen LogP contribution is -2.29. The van der Waals surface area contributed by atoms with E-state index in [0.717, 1.165) is 10.9 Å². The smallest absolute Gasteiger partial charge is 0.0670 e. The minimum atomic E-state index is 0.153. The Morgan fingerprint density at radius 2 is 2.00 bits per heavy atom. The van der Waals surface area contributed by atoms with Crippen molar-refractivity contribution in [2.24, 2.45) is 5.84 Å². The lowest BCUT2D eigenvalue weighted by atomic mass is 9.91. The van der Waals surface area contributed by atoms with Crippen LogP contribution >= 0.6 is 15.9 Å². The van der Waals surface area contributed by atoms with Gasteiger partial charge in [-0.3, -0.25) is 5.84 Å². The van der Waals surface area contributed by atoms with E-state index in [4.69, 9.17) is 5.84 Å². The molecular weight excluding hydrogens is 288 g/mol. The van der Waals surface area contributed by atoms with Gasteiger partial charge < -0.3 is 0 Å². The summed E-state index contributed by atoms with van der Waals surface area (Å²) in [5.41, 5.74) is 5.65. The van der Waals surface area contributed by atoms with E-state index in [1.165, 1.54) is 43.2 Å². The number of halogens is 1. The van der Waals surface area contributed by atoms with Crippen LogP contribution < -0.4 is 11.3 Å². The largest absolute Gasteiger partial charge is 0.271 e. The van der Waals surface area contributed by atoms with Crippen molar-refractivity contribution >= 4 is 15.9 Å². The molecule has 1 unspecified atom stereocenters.